The van der Waals surface area contributed by atoms with Gasteiger partial charge in [-0.3, -0.25) is 0 Å². The molecule has 0 fully saturated rings. The molecule has 0 aliphatic carbocycles. The Bertz CT molecular complexity index is 1740. The zero-order valence-electron chi connectivity index (χ0n) is 17.8. The van der Waals surface area contributed by atoms with Gasteiger partial charge in [0, 0.05) is 27.8 Å². The number of benzene rings is 3. The Balaban J connectivity index is 1.98. The smallest absolute Gasteiger partial charge is 0.232 e. The van der Waals surface area contributed by atoms with Crippen LogP contribution in [0.3, 0.4) is 0 Å². The summed E-state index contributed by atoms with van der Waals surface area (Å²) < 4.78 is 54.7. The second-order valence-electron chi connectivity index (χ2n) is 7.71. The molecule has 172 valence electrons. The summed E-state index contributed by atoms with van der Waals surface area (Å²) >= 11 is 7.39. The zero-order valence-corrected chi connectivity index (χ0v) is 21.0. The number of thiophene rings is 1. The molecule has 34 heavy (non-hydrogen) atoms. The fraction of sp³-hybridized carbons (Fsp3) is 0.0400. The third kappa shape index (κ3) is 3.76. The molecule has 9 heteroatoms. The number of rotatable bonds is 5. The largest absolute Gasteiger partial charge is 0.268 e. The number of nitrogens with zero attached hydrogens (tertiary/aromatic N) is 1. The predicted molar refractivity (Wildman–Crippen MR) is 138 cm³/mol. The summed E-state index contributed by atoms with van der Waals surface area (Å²) in [6.07, 6.45) is 1.15. The standard InChI is InChI=1S/C25H18ClNO4S3/c1-33(28,29)23-11-5-3-8-20(23)24-19-7-2-4-9-21(19)27(25(24)22-10-6-16-32-22)34(30,31)18-14-12-17(26)13-15-18/h2-16H,1H3. The maximum absolute atomic E-state index is 14.0. The average molecular weight is 528 g/mol. The fourth-order valence-corrected chi connectivity index (χ4v) is 7.46. The summed E-state index contributed by atoms with van der Waals surface area (Å²) in [6.45, 7) is 0. The summed E-state index contributed by atoms with van der Waals surface area (Å²) in [5, 5.41) is 2.93. The lowest BCUT2D eigenvalue weighted by molar-refractivity contribution is 0.589. The first-order valence-electron chi connectivity index (χ1n) is 10.2. The highest BCUT2D eigenvalue weighted by atomic mass is 35.5. The fourth-order valence-electron chi connectivity index (χ4n) is 4.08. The molecule has 0 amide bonds. The van der Waals surface area contributed by atoms with Crippen LogP contribution in [0.1, 0.15) is 0 Å². The van der Waals surface area contributed by atoms with Crippen molar-refractivity contribution in [3.63, 3.8) is 0 Å². The van der Waals surface area contributed by atoms with E-state index in [1.807, 2.05) is 29.6 Å². The van der Waals surface area contributed by atoms with E-state index in [1.54, 1.807) is 36.4 Å². The molecule has 5 nitrogen and oxygen atoms in total. The minimum Gasteiger partial charge on any atom is -0.232 e. The number of aromatic nitrogens is 1. The van der Waals surface area contributed by atoms with Crippen molar-refractivity contribution in [2.75, 3.05) is 6.26 Å². The molecule has 0 N–H and O–H groups in total. The molecule has 5 rings (SSSR count). The van der Waals surface area contributed by atoms with Crippen molar-refractivity contribution in [1.29, 1.82) is 0 Å². The Morgan fingerprint density at radius 2 is 1.47 bits per heavy atom. The Hall–Kier alpha value is -2.91. The molecular weight excluding hydrogens is 510 g/mol. The molecule has 2 heterocycles. The minimum absolute atomic E-state index is 0.0819. The van der Waals surface area contributed by atoms with E-state index in [-0.39, 0.29) is 9.79 Å². The quantitative estimate of drug-likeness (QED) is 0.267. The van der Waals surface area contributed by atoms with Crippen molar-refractivity contribution in [3.05, 3.63) is 95.3 Å². The van der Waals surface area contributed by atoms with E-state index < -0.39 is 19.9 Å². The van der Waals surface area contributed by atoms with Gasteiger partial charge < -0.3 is 0 Å². The summed E-state index contributed by atoms with van der Waals surface area (Å²) in [4.78, 5) is 0.921. The third-order valence-electron chi connectivity index (χ3n) is 5.49. The monoisotopic (exact) mass is 527 g/mol. The van der Waals surface area contributed by atoms with E-state index in [1.165, 1.54) is 39.6 Å². The minimum atomic E-state index is -4.06. The maximum atomic E-state index is 14.0. The first-order valence-corrected chi connectivity index (χ1v) is 14.8. The SMILES string of the molecule is CS(=O)(=O)c1ccccc1-c1c(-c2cccs2)n(S(=O)(=O)c2ccc(Cl)cc2)c2ccccc12. The molecule has 0 spiro atoms. The van der Waals surface area contributed by atoms with Gasteiger partial charge in [-0.2, -0.15) is 0 Å². The zero-order chi connectivity index (χ0) is 24.1. The first-order chi connectivity index (χ1) is 16.2. The molecular formula is C25H18ClNO4S3. The van der Waals surface area contributed by atoms with Crippen molar-refractivity contribution in [1.82, 2.24) is 3.97 Å². The number of hydrogen-bond donors (Lipinski definition) is 0. The highest BCUT2D eigenvalue weighted by Gasteiger charge is 2.30. The lowest BCUT2D eigenvalue weighted by atomic mass is 10.0. The van der Waals surface area contributed by atoms with Crippen molar-refractivity contribution < 1.29 is 16.8 Å². The van der Waals surface area contributed by atoms with Crippen LogP contribution >= 0.6 is 22.9 Å². The number of fused-ring (bicyclic) bond motifs is 1. The lowest BCUT2D eigenvalue weighted by Gasteiger charge is -2.14. The normalized spacial score (nSPS) is 12.3. The van der Waals surface area contributed by atoms with Gasteiger partial charge in [0.1, 0.15) is 0 Å². The van der Waals surface area contributed by atoms with Gasteiger partial charge >= 0.3 is 0 Å². The van der Waals surface area contributed by atoms with Gasteiger partial charge in [0.2, 0.25) is 0 Å². The molecule has 0 atom stereocenters. The molecule has 0 bridgehead atoms. The van der Waals surface area contributed by atoms with Crippen LogP contribution in [0.15, 0.2) is 100 Å². The van der Waals surface area contributed by atoms with E-state index in [0.29, 0.717) is 37.6 Å². The molecule has 0 unspecified atom stereocenters. The average Bonchev–Trinajstić information content (AvgIpc) is 3.45. The van der Waals surface area contributed by atoms with Crippen LogP contribution in [-0.4, -0.2) is 27.1 Å². The second-order valence-corrected chi connectivity index (χ2v) is 12.9. The molecule has 0 aliphatic rings. The van der Waals surface area contributed by atoms with Crippen LogP contribution in [0.5, 0.6) is 0 Å². The van der Waals surface area contributed by atoms with Crippen LogP contribution in [0.25, 0.3) is 32.6 Å². The van der Waals surface area contributed by atoms with Crippen molar-refractivity contribution >= 4 is 53.7 Å². The van der Waals surface area contributed by atoms with Crippen LogP contribution in [-0.2, 0) is 19.9 Å². The lowest BCUT2D eigenvalue weighted by Crippen LogP contribution is -2.14. The van der Waals surface area contributed by atoms with Crippen LogP contribution < -0.4 is 0 Å². The number of halogens is 1. The molecule has 3 aromatic carbocycles. The van der Waals surface area contributed by atoms with E-state index in [0.717, 1.165) is 6.26 Å². The van der Waals surface area contributed by atoms with Gasteiger partial charge in [-0.25, -0.2) is 20.8 Å². The van der Waals surface area contributed by atoms with E-state index >= 15 is 0 Å². The van der Waals surface area contributed by atoms with Crippen molar-refractivity contribution in [2.45, 2.75) is 9.79 Å². The molecule has 5 aromatic rings. The van der Waals surface area contributed by atoms with E-state index in [2.05, 4.69) is 0 Å². The summed E-state index contributed by atoms with van der Waals surface area (Å²) in [7, 11) is -7.65. The summed E-state index contributed by atoms with van der Waals surface area (Å²) in [6, 6.07) is 23.5. The summed E-state index contributed by atoms with van der Waals surface area (Å²) in [5.74, 6) is 0. The van der Waals surface area contributed by atoms with Gasteiger partial charge in [0.05, 0.1) is 25.9 Å². The number of sulfone groups is 1. The van der Waals surface area contributed by atoms with E-state index in [4.69, 9.17) is 11.6 Å². The Morgan fingerprint density at radius 3 is 2.15 bits per heavy atom. The van der Waals surface area contributed by atoms with Crippen LogP contribution in [0.2, 0.25) is 5.02 Å². The molecule has 2 aromatic heterocycles. The van der Waals surface area contributed by atoms with Gasteiger partial charge in [0.25, 0.3) is 10.0 Å². The Labute approximate surface area is 206 Å². The predicted octanol–water partition coefficient (Wildman–Crippen LogP) is 6.33. The van der Waals surface area contributed by atoms with Crippen molar-refractivity contribution in [2.24, 2.45) is 0 Å². The first kappa shape index (κ1) is 22.9. The molecule has 0 saturated carbocycles. The van der Waals surface area contributed by atoms with Crippen molar-refractivity contribution in [3.8, 4) is 21.7 Å². The topological polar surface area (TPSA) is 73.2 Å². The highest BCUT2D eigenvalue weighted by molar-refractivity contribution is 7.91. The summed E-state index contributed by atoms with van der Waals surface area (Å²) in [5.41, 5.74) is 1.88. The van der Waals surface area contributed by atoms with Gasteiger partial charge in [-0.05, 0) is 47.8 Å². The number of hydrogen-bond acceptors (Lipinski definition) is 5. The third-order valence-corrected chi connectivity index (χ3v) is 9.51. The highest BCUT2D eigenvalue weighted by Crippen LogP contribution is 2.45. The van der Waals surface area contributed by atoms with Gasteiger partial charge in [0.15, 0.2) is 9.84 Å². The Kier molecular flexibility index (Phi) is 5.64. The van der Waals surface area contributed by atoms with Gasteiger partial charge in [-0.15, -0.1) is 11.3 Å². The Morgan fingerprint density at radius 1 is 0.794 bits per heavy atom. The second kappa shape index (κ2) is 8.39. The maximum Gasteiger partial charge on any atom is 0.268 e. The van der Waals surface area contributed by atoms with Crippen LogP contribution in [0, 0.1) is 0 Å². The van der Waals surface area contributed by atoms with Gasteiger partial charge in [-0.1, -0.05) is 54.1 Å². The molecule has 0 radical (unpaired) electrons. The molecule has 0 saturated heterocycles. The molecule has 0 aliphatic heterocycles. The van der Waals surface area contributed by atoms with E-state index in [9.17, 15) is 16.8 Å². The van der Waals surface area contributed by atoms with Crippen LogP contribution in [0.4, 0.5) is 0 Å². The number of para-hydroxylation sites is 1.